The van der Waals surface area contributed by atoms with E-state index in [4.69, 9.17) is 0 Å². The predicted octanol–water partition coefficient (Wildman–Crippen LogP) is 3.53. The van der Waals surface area contributed by atoms with Gasteiger partial charge in [0.25, 0.3) is 5.91 Å². The van der Waals surface area contributed by atoms with Crippen molar-refractivity contribution in [2.75, 3.05) is 29.0 Å². The van der Waals surface area contributed by atoms with Crippen LogP contribution < -0.4 is 21.3 Å². The Hall–Kier alpha value is -3.35. The summed E-state index contributed by atoms with van der Waals surface area (Å²) in [6, 6.07) is 12.3. The van der Waals surface area contributed by atoms with E-state index in [1.54, 1.807) is 43.3 Å². The highest BCUT2D eigenvalue weighted by Gasteiger charge is 2.08. The topological polar surface area (TPSA) is 99.3 Å². The third kappa shape index (κ3) is 6.95. The first-order chi connectivity index (χ1) is 13.9. The van der Waals surface area contributed by atoms with Gasteiger partial charge in [0.2, 0.25) is 11.8 Å². The van der Waals surface area contributed by atoms with Crippen LogP contribution in [0.5, 0.6) is 0 Å². The zero-order chi connectivity index (χ0) is 21.2. The van der Waals surface area contributed by atoms with Gasteiger partial charge in [-0.05, 0) is 55.3 Å². The standard InChI is InChI=1S/C22H28N4O3/c1-4-12-23-22(29)16-7-10-17(11-8-16)24-14-21(28)25-18-9-6-15(3)19(13-18)26-20(27)5-2/h6-11,13,24H,4-5,12,14H2,1-3H3,(H,23,29)(H,25,28)(H,26,27). The molecule has 29 heavy (non-hydrogen) atoms. The van der Waals surface area contributed by atoms with Crippen LogP contribution in [0.2, 0.25) is 0 Å². The van der Waals surface area contributed by atoms with Crippen molar-refractivity contribution in [1.82, 2.24) is 5.32 Å². The first kappa shape index (κ1) is 21.9. The number of anilines is 3. The van der Waals surface area contributed by atoms with Crippen LogP contribution in [0.3, 0.4) is 0 Å². The molecule has 2 rings (SSSR count). The Morgan fingerprint density at radius 3 is 2.21 bits per heavy atom. The van der Waals surface area contributed by atoms with Crippen molar-refractivity contribution in [2.24, 2.45) is 0 Å². The lowest BCUT2D eigenvalue weighted by atomic mass is 10.1. The first-order valence-corrected chi connectivity index (χ1v) is 9.75. The molecule has 0 saturated carbocycles. The normalized spacial score (nSPS) is 10.2. The molecule has 0 radical (unpaired) electrons. The lowest BCUT2D eigenvalue weighted by Gasteiger charge is -2.12. The highest BCUT2D eigenvalue weighted by atomic mass is 16.2. The fraction of sp³-hybridized carbons (Fsp3) is 0.318. The average molecular weight is 396 g/mol. The summed E-state index contributed by atoms with van der Waals surface area (Å²) in [7, 11) is 0. The number of benzene rings is 2. The molecule has 0 aliphatic rings. The van der Waals surface area contributed by atoms with Gasteiger partial charge in [-0.25, -0.2) is 0 Å². The zero-order valence-corrected chi connectivity index (χ0v) is 17.1. The second-order valence-corrected chi connectivity index (χ2v) is 6.67. The quantitative estimate of drug-likeness (QED) is 0.521. The van der Waals surface area contributed by atoms with Gasteiger partial charge in [-0.2, -0.15) is 0 Å². The minimum absolute atomic E-state index is 0.0753. The number of nitrogens with one attached hydrogen (secondary N) is 4. The SMILES string of the molecule is CCCNC(=O)c1ccc(NCC(=O)Nc2ccc(C)c(NC(=O)CC)c2)cc1. The third-order valence-corrected chi connectivity index (χ3v) is 4.25. The number of carbonyl (C=O) groups excluding carboxylic acids is 3. The van der Waals surface area contributed by atoms with Crippen LogP contribution in [0.1, 0.15) is 42.6 Å². The van der Waals surface area contributed by atoms with Crippen LogP contribution in [-0.4, -0.2) is 30.8 Å². The lowest BCUT2D eigenvalue weighted by molar-refractivity contribution is -0.116. The molecular weight excluding hydrogens is 368 g/mol. The number of hydrogen-bond acceptors (Lipinski definition) is 4. The second-order valence-electron chi connectivity index (χ2n) is 6.67. The van der Waals surface area contributed by atoms with E-state index in [-0.39, 0.29) is 24.3 Å². The van der Waals surface area contributed by atoms with Crippen molar-refractivity contribution >= 4 is 34.8 Å². The van der Waals surface area contributed by atoms with Crippen LogP contribution in [0.15, 0.2) is 42.5 Å². The molecule has 0 aliphatic carbocycles. The molecule has 0 unspecified atom stereocenters. The molecule has 0 aromatic heterocycles. The predicted molar refractivity (Wildman–Crippen MR) is 116 cm³/mol. The van der Waals surface area contributed by atoms with Gasteiger partial charge < -0.3 is 21.3 Å². The zero-order valence-electron chi connectivity index (χ0n) is 17.1. The van der Waals surface area contributed by atoms with Crippen LogP contribution in [-0.2, 0) is 9.59 Å². The molecule has 2 aromatic carbocycles. The first-order valence-electron chi connectivity index (χ1n) is 9.75. The summed E-state index contributed by atoms with van der Waals surface area (Å²) >= 11 is 0. The number of aryl methyl sites for hydroxylation is 1. The molecule has 3 amide bonds. The Balaban J connectivity index is 1.89. The van der Waals surface area contributed by atoms with Crippen molar-refractivity contribution in [2.45, 2.75) is 33.6 Å². The third-order valence-electron chi connectivity index (χ3n) is 4.25. The van der Waals surface area contributed by atoms with E-state index in [2.05, 4.69) is 21.3 Å². The van der Waals surface area contributed by atoms with Crippen molar-refractivity contribution < 1.29 is 14.4 Å². The van der Waals surface area contributed by atoms with E-state index in [0.29, 0.717) is 29.9 Å². The van der Waals surface area contributed by atoms with Crippen LogP contribution in [0.25, 0.3) is 0 Å². The minimum atomic E-state index is -0.216. The van der Waals surface area contributed by atoms with Gasteiger partial charge in [-0.1, -0.05) is 19.9 Å². The van der Waals surface area contributed by atoms with Crippen LogP contribution in [0.4, 0.5) is 17.1 Å². The highest BCUT2D eigenvalue weighted by Crippen LogP contribution is 2.20. The Morgan fingerprint density at radius 1 is 0.862 bits per heavy atom. The van der Waals surface area contributed by atoms with Gasteiger partial charge in [-0.3, -0.25) is 14.4 Å². The Morgan fingerprint density at radius 2 is 1.55 bits per heavy atom. The second kappa shape index (κ2) is 10.8. The largest absolute Gasteiger partial charge is 0.376 e. The fourth-order valence-corrected chi connectivity index (χ4v) is 2.54. The number of carbonyl (C=O) groups is 3. The summed E-state index contributed by atoms with van der Waals surface area (Å²) in [6.45, 7) is 6.39. The highest BCUT2D eigenvalue weighted by molar-refractivity contribution is 5.96. The monoisotopic (exact) mass is 396 g/mol. The Kier molecular flexibility index (Phi) is 8.21. The van der Waals surface area contributed by atoms with E-state index < -0.39 is 0 Å². The summed E-state index contributed by atoms with van der Waals surface area (Å²) in [5, 5.41) is 11.5. The van der Waals surface area contributed by atoms with Crippen molar-refractivity contribution in [1.29, 1.82) is 0 Å². The van der Waals surface area contributed by atoms with Crippen LogP contribution >= 0.6 is 0 Å². The molecule has 7 heteroatoms. The van der Waals surface area contributed by atoms with E-state index >= 15 is 0 Å². The Bertz CT molecular complexity index is 863. The number of hydrogen-bond donors (Lipinski definition) is 4. The smallest absolute Gasteiger partial charge is 0.251 e. The molecule has 7 nitrogen and oxygen atoms in total. The van der Waals surface area contributed by atoms with E-state index in [1.807, 2.05) is 19.9 Å². The summed E-state index contributed by atoms with van der Waals surface area (Å²) in [6.07, 6.45) is 1.27. The van der Waals surface area contributed by atoms with Gasteiger partial charge in [0.1, 0.15) is 0 Å². The fourth-order valence-electron chi connectivity index (χ4n) is 2.54. The van der Waals surface area contributed by atoms with Crippen molar-refractivity contribution in [3.8, 4) is 0 Å². The molecule has 0 saturated heterocycles. The molecule has 154 valence electrons. The number of amides is 3. The molecule has 0 aliphatic heterocycles. The average Bonchev–Trinajstić information content (AvgIpc) is 2.73. The summed E-state index contributed by atoms with van der Waals surface area (Å²) in [4.78, 5) is 35.7. The van der Waals surface area contributed by atoms with Gasteiger partial charge in [0.15, 0.2) is 0 Å². The maximum atomic E-state index is 12.2. The van der Waals surface area contributed by atoms with Gasteiger partial charge in [-0.15, -0.1) is 0 Å². The van der Waals surface area contributed by atoms with E-state index in [0.717, 1.165) is 17.7 Å². The lowest BCUT2D eigenvalue weighted by Crippen LogP contribution is -2.24. The van der Waals surface area contributed by atoms with Gasteiger partial charge in [0, 0.05) is 35.6 Å². The number of rotatable bonds is 9. The van der Waals surface area contributed by atoms with E-state index in [9.17, 15) is 14.4 Å². The summed E-state index contributed by atoms with van der Waals surface area (Å²) in [5.74, 6) is -0.405. The summed E-state index contributed by atoms with van der Waals surface area (Å²) < 4.78 is 0. The molecular formula is C22H28N4O3. The van der Waals surface area contributed by atoms with Gasteiger partial charge in [0.05, 0.1) is 6.54 Å². The van der Waals surface area contributed by atoms with Crippen molar-refractivity contribution in [3.63, 3.8) is 0 Å². The van der Waals surface area contributed by atoms with E-state index in [1.165, 1.54) is 0 Å². The Labute approximate surface area is 171 Å². The minimum Gasteiger partial charge on any atom is -0.376 e. The van der Waals surface area contributed by atoms with Crippen LogP contribution in [0, 0.1) is 6.92 Å². The maximum Gasteiger partial charge on any atom is 0.251 e. The molecule has 0 atom stereocenters. The molecule has 0 fully saturated rings. The molecule has 2 aromatic rings. The molecule has 0 bridgehead atoms. The molecule has 4 N–H and O–H groups in total. The van der Waals surface area contributed by atoms with Crippen molar-refractivity contribution in [3.05, 3.63) is 53.6 Å². The summed E-state index contributed by atoms with van der Waals surface area (Å²) in [5.41, 5.74) is 3.53. The molecule has 0 spiro atoms. The maximum absolute atomic E-state index is 12.2. The molecule has 0 heterocycles. The van der Waals surface area contributed by atoms with Gasteiger partial charge >= 0.3 is 0 Å².